The molecule has 25 heavy (non-hydrogen) atoms. The molecule has 0 spiro atoms. The summed E-state index contributed by atoms with van der Waals surface area (Å²) >= 11 is 0. The quantitative estimate of drug-likeness (QED) is 0.811. The van der Waals surface area contributed by atoms with Crippen LogP contribution in [-0.2, 0) is 9.53 Å². The van der Waals surface area contributed by atoms with Crippen molar-refractivity contribution >= 4 is 17.6 Å². The van der Waals surface area contributed by atoms with Gasteiger partial charge in [0.05, 0.1) is 31.4 Å². The lowest BCUT2D eigenvalue weighted by atomic mass is 10.2. The molecule has 0 saturated heterocycles. The van der Waals surface area contributed by atoms with Crippen molar-refractivity contribution in [3.8, 4) is 17.6 Å². The lowest BCUT2D eigenvalue weighted by molar-refractivity contribution is -0.119. The van der Waals surface area contributed by atoms with E-state index < -0.39 is 18.5 Å². The number of amides is 1. The van der Waals surface area contributed by atoms with Crippen LogP contribution in [0.4, 0.5) is 5.69 Å². The van der Waals surface area contributed by atoms with Crippen molar-refractivity contribution in [3.63, 3.8) is 0 Å². The van der Waals surface area contributed by atoms with E-state index in [0.29, 0.717) is 22.7 Å². The highest BCUT2D eigenvalue weighted by molar-refractivity contribution is 5.96. The molecule has 0 radical (unpaired) electrons. The minimum atomic E-state index is -0.682. The predicted octanol–water partition coefficient (Wildman–Crippen LogP) is 2.37. The van der Waals surface area contributed by atoms with Crippen molar-refractivity contribution in [1.82, 2.24) is 0 Å². The minimum absolute atomic E-state index is 0.204. The molecule has 0 atom stereocenters. The van der Waals surface area contributed by atoms with E-state index in [1.807, 2.05) is 6.07 Å². The maximum absolute atomic E-state index is 12.1. The minimum Gasteiger partial charge on any atom is -0.497 e. The van der Waals surface area contributed by atoms with Crippen molar-refractivity contribution in [2.24, 2.45) is 0 Å². The SMILES string of the molecule is COc1cc(OC)cc(C(=O)OCC(=O)Nc2cccc(C#N)c2)c1. The van der Waals surface area contributed by atoms with Crippen LogP contribution in [0, 0.1) is 11.3 Å². The number of rotatable bonds is 6. The maximum Gasteiger partial charge on any atom is 0.338 e. The van der Waals surface area contributed by atoms with Gasteiger partial charge in [-0.05, 0) is 30.3 Å². The van der Waals surface area contributed by atoms with E-state index in [1.165, 1.54) is 32.4 Å². The summed E-state index contributed by atoms with van der Waals surface area (Å²) in [6, 6.07) is 13.0. The molecule has 0 aliphatic carbocycles. The molecule has 7 heteroatoms. The normalized spacial score (nSPS) is 9.64. The Balaban J connectivity index is 1.97. The molecule has 0 aliphatic heterocycles. The van der Waals surface area contributed by atoms with Crippen LogP contribution < -0.4 is 14.8 Å². The van der Waals surface area contributed by atoms with Gasteiger partial charge in [-0.2, -0.15) is 5.26 Å². The number of nitrogens with one attached hydrogen (secondary N) is 1. The topological polar surface area (TPSA) is 97.7 Å². The van der Waals surface area contributed by atoms with Gasteiger partial charge in [0.15, 0.2) is 6.61 Å². The molecule has 0 fully saturated rings. The van der Waals surface area contributed by atoms with Gasteiger partial charge in [-0.25, -0.2) is 4.79 Å². The second-order valence-corrected chi connectivity index (χ2v) is 4.92. The molecular weight excluding hydrogens is 324 g/mol. The molecule has 0 saturated carbocycles. The number of esters is 1. The van der Waals surface area contributed by atoms with Crippen molar-refractivity contribution in [1.29, 1.82) is 5.26 Å². The van der Waals surface area contributed by atoms with Gasteiger partial charge in [0.2, 0.25) is 0 Å². The van der Waals surface area contributed by atoms with Crippen molar-refractivity contribution in [2.45, 2.75) is 0 Å². The Morgan fingerprint density at radius 3 is 2.36 bits per heavy atom. The molecule has 0 bridgehead atoms. The van der Waals surface area contributed by atoms with E-state index in [4.69, 9.17) is 19.5 Å². The van der Waals surface area contributed by atoms with Crippen LogP contribution in [0.5, 0.6) is 11.5 Å². The standard InChI is InChI=1S/C18H16N2O5/c1-23-15-7-13(8-16(9-15)24-2)18(22)25-11-17(21)20-14-5-3-4-12(6-14)10-19/h3-9H,11H2,1-2H3,(H,20,21). The summed E-state index contributed by atoms with van der Waals surface area (Å²) in [6.45, 7) is -0.463. The molecule has 0 aliphatic rings. The summed E-state index contributed by atoms with van der Waals surface area (Å²) in [5.74, 6) is -0.329. The smallest absolute Gasteiger partial charge is 0.338 e. The lowest BCUT2D eigenvalue weighted by Crippen LogP contribution is -2.21. The van der Waals surface area contributed by atoms with Crippen LogP contribution in [0.1, 0.15) is 15.9 Å². The maximum atomic E-state index is 12.1. The number of carbonyl (C=O) groups is 2. The second kappa shape index (κ2) is 8.36. The Morgan fingerprint density at radius 1 is 1.08 bits per heavy atom. The molecule has 2 aromatic carbocycles. The highest BCUT2D eigenvalue weighted by Crippen LogP contribution is 2.23. The molecule has 128 valence electrons. The van der Waals surface area contributed by atoms with E-state index in [2.05, 4.69) is 5.32 Å². The summed E-state index contributed by atoms with van der Waals surface area (Å²) in [5, 5.41) is 11.4. The highest BCUT2D eigenvalue weighted by atomic mass is 16.5. The number of nitrogens with zero attached hydrogens (tertiary/aromatic N) is 1. The van der Waals surface area contributed by atoms with Gasteiger partial charge in [0, 0.05) is 11.8 Å². The first kappa shape index (κ1) is 17.8. The van der Waals surface area contributed by atoms with E-state index in [9.17, 15) is 9.59 Å². The van der Waals surface area contributed by atoms with Gasteiger partial charge in [-0.1, -0.05) is 6.07 Å². The van der Waals surface area contributed by atoms with Gasteiger partial charge in [-0.15, -0.1) is 0 Å². The third kappa shape index (κ3) is 4.97. The van der Waals surface area contributed by atoms with Crippen LogP contribution in [-0.4, -0.2) is 32.7 Å². The van der Waals surface area contributed by atoms with Crippen LogP contribution in [0.25, 0.3) is 0 Å². The fourth-order valence-electron chi connectivity index (χ4n) is 2.00. The number of carbonyl (C=O) groups excluding carboxylic acids is 2. The molecule has 1 amide bonds. The van der Waals surface area contributed by atoms with Gasteiger partial charge in [0.1, 0.15) is 11.5 Å². The number of hydrogen-bond acceptors (Lipinski definition) is 6. The van der Waals surface area contributed by atoms with Crippen LogP contribution in [0.3, 0.4) is 0 Å². The first-order valence-electron chi connectivity index (χ1n) is 7.26. The fourth-order valence-corrected chi connectivity index (χ4v) is 2.00. The van der Waals surface area contributed by atoms with Crippen molar-refractivity contribution in [3.05, 3.63) is 53.6 Å². The third-order valence-electron chi connectivity index (χ3n) is 3.20. The van der Waals surface area contributed by atoms with E-state index in [1.54, 1.807) is 24.3 Å². The monoisotopic (exact) mass is 340 g/mol. The zero-order chi connectivity index (χ0) is 18.2. The Kier molecular flexibility index (Phi) is 5.96. The number of anilines is 1. The zero-order valence-corrected chi connectivity index (χ0v) is 13.7. The average Bonchev–Trinajstić information content (AvgIpc) is 2.65. The molecular formula is C18H16N2O5. The van der Waals surface area contributed by atoms with Gasteiger partial charge in [0.25, 0.3) is 5.91 Å². The van der Waals surface area contributed by atoms with Crippen LogP contribution >= 0.6 is 0 Å². The van der Waals surface area contributed by atoms with E-state index in [0.717, 1.165) is 0 Å². The van der Waals surface area contributed by atoms with Gasteiger partial charge >= 0.3 is 5.97 Å². The molecule has 1 N–H and O–H groups in total. The Labute approximate surface area is 144 Å². The molecule has 0 heterocycles. The summed E-state index contributed by atoms with van der Waals surface area (Å²) in [5.41, 5.74) is 1.07. The second-order valence-electron chi connectivity index (χ2n) is 4.92. The number of hydrogen-bond donors (Lipinski definition) is 1. The summed E-state index contributed by atoms with van der Waals surface area (Å²) < 4.78 is 15.2. The molecule has 0 unspecified atom stereocenters. The number of benzene rings is 2. The predicted molar refractivity (Wildman–Crippen MR) is 89.6 cm³/mol. The molecule has 0 aromatic heterocycles. The van der Waals surface area contributed by atoms with Crippen molar-refractivity contribution in [2.75, 3.05) is 26.1 Å². The van der Waals surface area contributed by atoms with E-state index >= 15 is 0 Å². The number of methoxy groups -OCH3 is 2. The largest absolute Gasteiger partial charge is 0.497 e. The molecule has 7 nitrogen and oxygen atoms in total. The van der Waals surface area contributed by atoms with Gasteiger partial charge in [-0.3, -0.25) is 4.79 Å². The van der Waals surface area contributed by atoms with Crippen molar-refractivity contribution < 1.29 is 23.8 Å². The Morgan fingerprint density at radius 2 is 1.76 bits per heavy atom. The average molecular weight is 340 g/mol. The summed E-state index contributed by atoms with van der Waals surface area (Å²) in [6.07, 6.45) is 0. The summed E-state index contributed by atoms with van der Waals surface area (Å²) in [7, 11) is 2.93. The molecule has 2 aromatic rings. The number of nitriles is 1. The van der Waals surface area contributed by atoms with Crippen LogP contribution in [0.2, 0.25) is 0 Å². The zero-order valence-electron chi connectivity index (χ0n) is 13.7. The fraction of sp³-hybridized carbons (Fsp3) is 0.167. The number of ether oxygens (including phenoxy) is 3. The Hall–Kier alpha value is -3.53. The van der Waals surface area contributed by atoms with E-state index in [-0.39, 0.29) is 5.56 Å². The van der Waals surface area contributed by atoms with Crippen LogP contribution in [0.15, 0.2) is 42.5 Å². The van der Waals surface area contributed by atoms with Gasteiger partial charge < -0.3 is 19.5 Å². The first-order valence-corrected chi connectivity index (χ1v) is 7.26. The molecule has 2 rings (SSSR count). The summed E-state index contributed by atoms with van der Waals surface area (Å²) in [4.78, 5) is 24.0. The highest BCUT2D eigenvalue weighted by Gasteiger charge is 2.13. The third-order valence-corrected chi connectivity index (χ3v) is 3.20. The lowest BCUT2D eigenvalue weighted by Gasteiger charge is -2.09. The first-order chi connectivity index (χ1) is 12.0. The Bertz CT molecular complexity index is 804.